The normalized spacial score (nSPS) is 16.3. The molecular weight excluding hydrogens is 238 g/mol. The van der Waals surface area contributed by atoms with Crippen LogP contribution in [-0.4, -0.2) is 26.9 Å². The highest BCUT2D eigenvalue weighted by Crippen LogP contribution is 2.30. The number of methoxy groups -OCH3 is 1. The molecule has 1 unspecified atom stereocenters. The molecule has 0 radical (unpaired) electrons. The first kappa shape index (κ1) is 14.4. The van der Waals surface area contributed by atoms with E-state index in [0.717, 1.165) is 37.8 Å². The molecule has 2 rings (SSSR count). The Kier molecular flexibility index (Phi) is 5.67. The molecule has 1 saturated carbocycles. The zero-order valence-electron chi connectivity index (χ0n) is 12.0. The summed E-state index contributed by atoms with van der Waals surface area (Å²) in [4.78, 5) is 0. The van der Waals surface area contributed by atoms with Crippen molar-refractivity contribution in [3.63, 3.8) is 0 Å². The largest absolute Gasteiger partial charge is 0.496 e. The van der Waals surface area contributed by atoms with Crippen LogP contribution in [0, 0.1) is 5.92 Å². The van der Waals surface area contributed by atoms with Crippen LogP contribution in [-0.2, 0) is 4.74 Å². The number of hydrogen-bond donors (Lipinski definition) is 1. The van der Waals surface area contributed by atoms with E-state index < -0.39 is 0 Å². The van der Waals surface area contributed by atoms with Gasteiger partial charge in [-0.05, 0) is 37.8 Å². The minimum absolute atomic E-state index is 0.217. The first-order chi connectivity index (χ1) is 9.35. The zero-order valence-corrected chi connectivity index (χ0v) is 12.0. The summed E-state index contributed by atoms with van der Waals surface area (Å²) in [6.45, 7) is 4.79. The molecule has 0 saturated heterocycles. The van der Waals surface area contributed by atoms with Gasteiger partial charge in [0.05, 0.1) is 19.8 Å². The fraction of sp³-hybridized carbons (Fsp3) is 0.625. The van der Waals surface area contributed by atoms with Crippen molar-refractivity contribution in [3.05, 3.63) is 29.8 Å². The Morgan fingerprint density at radius 1 is 1.32 bits per heavy atom. The monoisotopic (exact) mass is 263 g/mol. The molecule has 1 atom stereocenters. The van der Waals surface area contributed by atoms with E-state index in [2.05, 4.69) is 24.4 Å². The molecule has 0 bridgehead atoms. The summed E-state index contributed by atoms with van der Waals surface area (Å²) >= 11 is 0. The second-order valence-electron chi connectivity index (χ2n) is 5.23. The molecule has 0 spiro atoms. The Morgan fingerprint density at radius 3 is 2.79 bits per heavy atom. The lowest BCUT2D eigenvalue weighted by atomic mass is 10.1. The van der Waals surface area contributed by atoms with Crippen molar-refractivity contribution in [3.8, 4) is 5.75 Å². The Bertz CT molecular complexity index is 377. The van der Waals surface area contributed by atoms with E-state index in [4.69, 9.17) is 9.47 Å². The van der Waals surface area contributed by atoms with Gasteiger partial charge in [-0.15, -0.1) is 0 Å². The lowest BCUT2D eigenvalue weighted by molar-refractivity contribution is 0.102. The maximum atomic E-state index is 5.85. The summed E-state index contributed by atoms with van der Waals surface area (Å²) in [6.07, 6.45) is 3.79. The quantitative estimate of drug-likeness (QED) is 0.742. The molecular formula is C16H25NO2. The van der Waals surface area contributed by atoms with Gasteiger partial charge in [-0.25, -0.2) is 0 Å². The van der Waals surface area contributed by atoms with Crippen molar-refractivity contribution in [1.29, 1.82) is 0 Å². The summed E-state index contributed by atoms with van der Waals surface area (Å²) in [5, 5.41) is 3.55. The Hall–Kier alpha value is -1.06. The zero-order chi connectivity index (χ0) is 13.5. The van der Waals surface area contributed by atoms with Crippen molar-refractivity contribution in [2.75, 3.05) is 26.9 Å². The highest BCUT2D eigenvalue weighted by atomic mass is 16.5. The number of benzene rings is 1. The lowest BCUT2D eigenvalue weighted by Crippen LogP contribution is -2.27. The second kappa shape index (κ2) is 7.51. The van der Waals surface area contributed by atoms with Crippen LogP contribution in [0.4, 0.5) is 0 Å². The fourth-order valence-electron chi connectivity index (χ4n) is 2.17. The summed E-state index contributed by atoms with van der Waals surface area (Å²) in [5.41, 5.74) is 1.19. The van der Waals surface area contributed by atoms with E-state index in [0.29, 0.717) is 0 Å². The van der Waals surface area contributed by atoms with Crippen molar-refractivity contribution >= 4 is 0 Å². The number of hydrogen-bond acceptors (Lipinski definition) is 3. The van der Waals surface area contributed by atoms with Gasteiger partial charge in [0.15, 0.2) is 0 Å². The van der Waals surface area contributed by atoms with E-state index in [1.807, 2.05) is 12.1 Å². The molecule has 1 aliphatic carbocycles. The van der Waals surface area contributed by atoms with Crippen LogP contribution < -0.4 is 10.1 Å². The molecule has 0 heterocycles. The molecule has 19 heavy (non-hydrogen) atoms. The van der Waals surface area contributed by atoms with Crippen LogP contribution in [0.5, 0.6) is 5.75 Å². The van der Waals surface area contributed by atoms with Gasteiger partial charge in [0.2, 0.25) is 0 Å². The van der Waals surface area contributed by atoms with Crippen molar-refractivity contribution in [2.24, 2.45) is 5.92 Å². The Labute approximate surface area is 116 Å². The Morgan fingerprint density at radius 2 is 2.11 bits per heavy atom. The average molecular weight is 263 g/mol. The molecule has 106 valence electrons. The number of nitrogens with one attached hydrogen (secondary N) is 1. The van der Waals surface area contributed by atoms with Crippen LogP contribution in [0.25, 0.3) is 0 Å². The SMILES string of the molecule is CCCNC(COCC1CC1)c1ccccc1OC. The van der Waals surface area contributed by atoms with Crippen LogP contribution in [0.3, 0.4) is 0 Å². The van der Waals surface area contributed by atoms with Crippen molar-refractivity contribution in [1.82, 2.24) is 5.32 Å². The number of para-hydroxylation sites is 1. The van der Waals surface area contributed by atoms with Crippen LogP contribution in [0.15, 0.2) is 24.3 Å². The molecule has 0 amide bonds. The van der Waals surface area contributed by atoms with Gasteiger partial charge in [-0.3, -0.25) is 0 Å². The van der Waals surface area contributed by atoms with E-state index in [-0.39, 0.29) is 6.04 Å². The third kappa shape index (κ3) is 4.51. The molecule has 3 heteroatoms. The van der Waals surface area contributed by atoms with E-state index in [9.17, 15) is 0 Å². The van der Waals surface area contributed by atoms with Crippen molar-refractivity contribution in [2.45, 2.75) is 32.2 Å². The van der Waals surface area contributed by atoms with Crippen LogP contribution in [0.2, 0.25) is 0 Å². The number of ether oxygens (including phenoxy) is 2. The van der Waals surface area contributed by atoms with Crippen LogP contribution in [0.1, 0.15) is 37.8 Å². The molecule has 1 aromatic carbocycles. The predicted molar refractivity (Wildman–Crippen MR) is 77.6 cm³/mol. The highest BCUT2D eigenvalue weighted by molar-refractivity contribution is 5.35. The van der Waals surface area contributed by atoms with Gasteiger partial charge in [-0.1, -0.05) is 25.1 Å². The summed E-state index contributed by atoms with van der Waals surface area (Å²) < 4.78 is 11.3. The average Bonchev–Trinajstić information content (AvgIpc) is 3.27. The summed E-state index contributed by atoms with van der Waals surface area (Å²) in [7, 11) is 1.72. The van der Waals surface area contributed by atoms with E-state index in [1.165, 1.54) is 18.4 Å². The first-order valence-electron chi connectivity index (χ1n) is 7.29. The highest BCUT2D eigenvalue weighted by Gasteiger charge is 2.22. The predicted octanol–water partition coefficient (Wildman–Crippen LogP) is 3.16. The summed E-state index contributed by atoms with van der Waals surface area (Å²) in [5.74, 6) is 1.75. The van der Waals surface area contributed by atoms with Crippen LogP contribution >= 0.6 is 0 Å². The maximum Gasteiger partial charge on any atom is 0.123 e. The molecule has 1 aliphatic rings. The molecule has 0 aliphatic heterocycles. The van der Waals surface area contributed by atoms with Gasteiger partial charge in [0.25, 0.3) is 0 Å². The smallest absolute Gasteiger partial charge is 0.123 e. The molecule has 0 aromatic heterocycles. The maximum absolute atomic E-state index is 5.85. The topological polar surface area (TPSA) is 30.5 Å². The number of rotatable bonds is 9. The minimum atomic E-state index is 0.217. The summed E-state index contributed by atoms with van der Waals surface area (Å²) in [6, 6.07) is 8.41. The molecule has 1 fully saturated rings. The third-order valence-electron chi connectivity index (χ3n) is 3.49. The van der Waals surface area contributed by atoms with E-state index in [1.54, 1.807) is 7.11 Å². The molecule has 1 N–H and O–H groups in total. The van der Waals surface area contributed by atoms with Crippen molar-refractivity contribution < 1.29 is 9.47 Å². The van der Waals surface area contributed by atoms with Gasteiger partial charge in [0, 0.05) is 12.2 Å². The standard InChI is InChI=1S/C16H25NO2/c1-3-10-17-15(12-19-11-13-8-9-13)14-6-4-5-7-16(14)18-2/h4-7,13,15,17H,3,8-12H2,1-2H3. The van der Waals surface area contributed by atoms with Gasteiger partial charge < -0.3 is 14.8 Å². The fourth-order valence-corrected chi connectivity index (χ4v) is 2.17. The molecule has 1 aromatic rings. The van der Waals surface area contributed by atoms with Gasteiger partial charge in [-0.2, -0.15) is 0 Å². The Balaban J connectivity index is 1.96. The van der Waals surface area contributed by atoms with Gasteiger partial charge >= 0.3 is 0 Å². The second-order valence-corrected chi connectivity index (χ2v) is 5.23. The first-order valence-corrected chi connectivity index (χ1v) is 7.29. The van der Waals surface area contributed by atoms with E-state index >= 15 is 0 Å². The lowest BCUT2D eigenvalue weighted by Gasteiger charge is -2.21. The molecule has 3 nitrogen and oxygen atoms in total. The van der Waals surface area contributed by atoms with Gasteiger partial charge in [0.1, 0.15) is 5.75 Å². The third-order valence-corrected chi connectivity index (χ3v) is 3.49. The minimum Gasteiger partial charge on any atom is -0.496 e.